The van der Waals surface area contributed by atoms with Crippen LogP contribution in [-0.4, -0.2) is 61.2 Å². The molecule has 0 aromatic heterocycles. The predicted octanol–water partition coefficient (Wildman–Crippen LogP) is 6.59. The Hall–Kier alpha value is -4.24. The minimum Gasteiger partial charge on any atom is -0.494 e. The van der Waals surface area contributed by atoms with E-state index < -0.39 is 11.9 Å². The number of carbonyl (C=O) groups is 2. The largest absolute Gasteiger partial charge is 0.494 e. The van der Waals surface area contributed by atoms with Crippen molar-refractivity contribution in [2.75, 3.05) is 34.1 Å². The van der Waals surface area contributed by atoms with Gasteiger partial charge in [0.1, 0.15) is 11.5 Å². The second kappa shape index (κ2) is 16.6. The minimum absolute atomic E-state index is 0.0198. The maximum Gasteiger partial charge on any atom is 0.303 e. The van der Waals surface area contributed by atoms with Gasteiger partial charge in [-0.3, -0.25) is 9.59 Å². The maximum absolute atomic E-state index is 11.3. The number of ether oxygens (including phenoxy) is 4. The van der Waals surface area contributed by atoms with Crippen LogP contribution in [0.15, 0.2) is 54.6 Å². The van der Waals surface area contributed by atoms with Gasteiger partial charge >= 0.3 is 11.9 Å². The Morgan fingerprint density at radius 1 is 0.773 bits per heavy atom. The van der Waals surface area contributed by atoms with Crippen LogP contribution in [0.5, 0.6) is 23.0 Å². The summed E-state index contributed by atoms with van der Waals surface area (Å²) >= 11 is 0. The molecule has 0 saturated heterocycles. The molecule has 0 amide bonds. The molecule has 2 N–H and O–H groups in total. The molecule has 0 bridgehead atoms. The molecule has 9 heteroatoms. The first kappa shape index (κ1) is 32.7. The maximum atomic E-state index is 11.3. The van der Waals surface area contributed by atoms with Gasteiger partial charge in [0.05, 0.1) is 13.2 Å². The molecular weight excluding hydrogens is 562 g/mol. The highest BCUT2D eigenvalue weighted by Gasteiger charge is 2.15. The van der Waals surface area contributed by atoms with Crippen molar-refractivity contribution in [1.82, 2.24) is 4.90 Å². The predicted molar refractivity (Wildman–Crippen MR) is 168 cm³/mol. The summed E-state index contributed by atoms with van der Waals surface area (Å²) in [5, 5.41) is 18.1. The Morgan fingerprint density at radius 2 is 1.55 bits per heavy atom. The molecule has 236 valence electrons. The van der Waals surface area contributed by atoms with E-state index in [1.165, 1.54) is 5.56 Å². The Morgan fingerprint density at radius 3 is 2.34 bits per heavy atom. The van der Waals surface area contributed by atoms with Crippen molar-refractivity contribution in [2.45, 2.75) is 64.3 Å². The average molecular weight is 606 g/mol. The number of unbranched alkanes of at least 4 members (excludes halogenated alkanes) is 3. The van der Waals surface area contributed by atoms with Crippen LogP contribution < -0.4 is 18.9 Å². The van der Waals surface area contributed by atoms with Gasteiger partial charge in [0.25, 0.3) is 0 Å². The Kier molecular flexibility index (Phi) is 12.3. The molecule has 0 unspecified atom stereocenters. The highest BCUT2D eigenvalue weighted by atomic mass is 16.7. The van der Waals surface area contributed by atoms with Crippen molar-refractivity contribution in [2.24, 2.45) is 0 Å². The van der Waals surface area contributed by atoms with Crippen molar-refractivity contribution < 1.29 is 38.7 Å². The van der Waals surface area contributed by atoms with Crippen LogP contribution in [0.3, 0.4) is 0 Å². The normalized spacial score (nSPS) is 12.0. The van der Waals surface area contributed by atoms with E-state index in [2.05, 4.69) is 37.2 Å². The van der Waals surface area contributed by atoms with E-state index in [4.69, 9.17) is 24.1 Å². The topological polar surface area (TPSA) is 115 Å². The van der Waals surface area contributed by atoms with Gasteiger partial charge in [-0.1, -0.05) is 31.0 Å². The van der Waals surface area contributed by atoms with E-state index in [1.54, 1.807) is 0 Å². The van der Waals surface area contributed by atoms with E-state index in [0.29, 0.717) is 25.2 Å². The summed E-state index contributed by atoms with van der Waals surface area (Å²) < 4.78 is 23.1. The van der Waals surface area contributed by atoms with Crippen molar-refractivity contribution in [3.05, 3.63) is 71.3 Å². The van der Waals surface area contributed by atoms with Crippen LogP contribution in [0.2, 0.25) is 0 Å². The van der Waals surface area contributed by atoms with Crippen molar-refractivity contribution >= 4 is 11.9 Å². The summed E-state index contributed by atoms with van der Waals surface area (Å²) in [6, 6.07) is 18.1. The fourth-order valence-electron chi connectivity index (χ4n) is 5.31. The molecule has 0 spiro atoms. The molecule has 0 saturated carbocycles. The molecule has 9 nitrogen and oxygen atoms in total. The van der Waals surface area contributed by atoms with E-state index in [1.807, 2.05) is 36.4 Å². The summed E-state index contributed by atoms with van der Waals surface area (Å²) in [4.78, 5) is 24.2. The molecule has 0 radical (unpaired) electrons. The van der Waals surface area contributed by atoms with Gasteiger partial charge in [0.2, 0.25) is 6.79 Å². The number of carboxylic acids is 2. The molecule has 0 atom stereocenters. The second-order valence-corrected chi connectivity index (χ2v) is 11.3. The summed E-state index contributed by atoms with van der Waals surface area (Å²) in [6.07, 6.45) is 5.60. The molecule has 0 aliphatic carbocycles. The molecular formula is C35H43NO8. The van der Waals surface area contributed by atoms with Gasteiger partial charge in [-0.25, -0.2) is 0 Å². The van der Waals surface area contributed by atoms with Crippen LogP contribution in [0, 0.1) is 0 Å². The van der Waals surface area contributed by atoms with Gasteiger partial charge in [-0.05, 0) is 110 Å². The summed E-state index contributed by atoms with van der Waals surface area (Å²) in [5.74, 6) is 1.31. The van der Waals surface area contributed by atoms with E-state index in [-0.39, 0.29) is 26.2 Å². The first-order valence-corrected chi connectivity index (χ1v) is 15.3. The average Bonchev–Trinajstić information content (AvgIpc) is 3.46. The number of aryl methyl sites for hydroxylation is 1. The number of aliphatic carboxylic acids is 2. The molecule has 1 heterocycles. The zero-order valence-electron chi connectivity index (χ0n) is 25.7. The van der Waals surface area contributed by atoms with E-state index >= 15 is 0 Å². The third kappa shape index (κ3) is 10.2. The van der Waals surface area contributed by atoms with Crippen LogP contribution in [0.1, 0.15) is 61.6 Å². The monoisotopic (exact) mass is 605 g/mol. The molecule has 1 aliphatic rings. The van der Waals surface area contributed by atoms with Gasteiger partial charge in [0.15, 0.2) is 11.5 Å². The Balaban J connectivity index is 1.28. The standard InChI is InChI=1S/C35H43NO8/c1-36(2)23-25-19-28(27-13-15-32-33(22-27)44-24-43-32)21-29(20-25)41-17-6-4-3-5-9-26-10-7-11-31(30(26)14-16-35(39)40)42-18-8-12-34(37)38/h7,10-11,13,15,19-22H,3-6,8-9,12,14,16-18,23-24H2,1-2H3,(H,37,38)(H,39,40). The molecule has 0 fully saturated rings. The van der Waals surface area contributed by atoms with Crippen LogP contribution in [0.25, 0.3) is 11.1 Å². The lowest BCUT2D eigenvalue weighted by Crippen LogP contribution is -2.11. The zero-order chi connectivity index (χ0) is 31.3. The number of hydrogen-bond acceptors (Lipinski definition) is 7. The lowest BCUT2D eigenvalue weighted by atomic mass is 9.97. The number of fused-ring (bicyclic) bond motifs is 1. The zero-order valence-corrected chi connectivity index (χ0v) is 25.7. The number of hydrogen-bond donors (Lipinski definition) is 2. The molecule has 1 aliphatic heterocycles. The molecule has 3 aromatic rings. The summed E-state index contributed by atoms with van der Waals surface area (Å²) in [6.45, 7) is 1.95. The smallest absolute Gasteiger partial charge is 0.303 e. The first-order chi connectivity index (χ1) is 21.3. The van der Waals surface area contributed by atoms with E-state index in [0.717, 1.165) is 78.2 Å². The highest BCUT2D eigenvalue weighted by Crippen LogP contribution is 2.37. The van der Waals surface area contributed by atoms with Crippen molar-refractivity contribution in [3.63, 3.8) is 0 Å². The number of benzene rings is 3. The summed E-state index contributed by atoms with van der Waals surface area (Å²) in [7, 11) is 4.10. The van der Waals surface area contributed by atoms with E-state index in [9.17, 15) is 14.7 Å². The van der Waals surface area contributed by atoms with Crippen molar-refractivity contribution in [3.8, 4) is 34.1 Å². The van der Waals surface area contributed by atoms with Crippen LogP contribution >= 0.6 is 0 Å². The lowest BCUT2D eigenvalue weighted by molar-refractivity contribution is -0.138. The third-order valence-electron chi connectivity index (χ3n) is 7.39. The Bertz CT molecular complexity index is 1400. The van der Waals surface area contributed by atoms with Gasteiger partial charge in [0, 0.05) is 19.4 Å². The fourth-order valence-corrected chi connectivity index (χ4v) is 5.31. The lowest BCUT2D eigenvalue weighted by Gasteiger charge is -2.16. The fraction of sp³-hybridized carbons (Fsp3) is 0.429. The number of nitrogens with zero attached hydrogens (tertiary/aromatic N) is 1. The molecule has 4 rings (SSSR count). The number of rotatable bonds is 19. The van der Waals surface area contributed by atoms with Crippen molar-refractivity contribution in [1.29, 1.82) is 0 Å². The highest BCUT2D eigenvalue weighted by molar-refractivity contribution is 5.70. The van der Waals surface area contributed by atoms with Gasteiger partial charge in [-0.15, -0.1) is 0 Å². The number of carboxylic acid groups (broad SMARTS) is 2. The summed E-state index contributed by atoms with van der Waals surface area (Å²) in [5.41, 5.74) is 5.30. The van der Waals surface area contributed by atoms with Gasteiger partial charge in [-0.2, -0.15) is 0 Å². The molecule has 44 heavy (non-hydrogen) atoms. The van der Waals surface area contributed by atoms with Crippen LogP contribution in [-0.2, 0) is 29.0 Å². The molecule has 3 aromatic carbocycles. The quantitative estimate of drug-likeness (QED) is 0.146. The third-order valence-corrected chi connectivity index (χ3v) is 7.39. The van der Waals surface area contributed by atoms with Crippen LogP contribution in [0.4, 0.5) is 0 Å². The van der Waals surface area contributed by atoms with Gasteiger partial charge < -0.3 is 34.1 Å². The first-order valence-electron chi connectivity index (χ1n) is 15.3. The minimum atomic E-state index is -0.859. The Labute approximate surface area is 259 Å². The SMILES string of the molecule is CN(C)Cc1cc(OCCCCCCc2cccc(OCCCC(=O)O)c2CCC(=O)O)cc(-c2ccc3c(c2)OCO3)c1. The second-order valence-electron chi connectivity index (χ2n) is 11.3.